The topological polar surface area (TPSA) is 57.2 Å². The third-order valence-corrected chi connectivity index (χ3v) is 28.2. The average Bonchev–Trinajstić information content (AvgIpc) is 3.19. The maximum atomic E-state index is 12.1. The number of ether oxygens (including phenoxy) is 1. The van der Waals surface area contributed by atoms with Crippen LogP contribution in [0.1, 0.15) is 126 Å². The molecule has 0 spiro atoms. The van der Waals surface area contributed by atoms with Crippen molar-refractivity contribution in [3.8, 4) is 0 Å². The summed E-state index contributed by atoms with van der Waals surface area (Å²) in [6.45, 7) is 44.0. The lowest BCUT2D eigenvalue weighted by atomic mass is 9.80. The number of benzene rings is 3. The molecule has 0 fully saturated rings. The molecule has 352 valence electrons. The highest BCUT2D eigenvalue weighted by Crippen LogP contribution is 2.44. The lowest BCUT2D eigenvalue weighted by Gasteiger charge is -2.43. The molecule has 63 heavy (non-hydrogen) atoms. The van der Waals surface area contributed by atoms with Gasteiger partial charge in [0, 0.05) is 6.42 Å². The highest BCUT2D eigenvalue weighted by molar-refractivity contribution is 6.75. The largest absolute Gasteiger partial charge is 0.413 e. The molecule has 8 heteroatoms. The van der Waals surface area contributed by atoms with Crippen LogP contribution in [0.2, 0.25) is 54.4 Å². The first-order chi connectivity index (χ1) is 29.0. The molecule has 0 amide bonds. The van der Waals surface area contributed by atoms with E-state index in [2.05, 4.69) is 190 Å². The monoisotopic (exact) mass is 915 g/mol. The van der Waals surface area contributed by atoms with Crippen LogP contribution in [0.3, 0.4) is 0 Å². The molecule has 1 N–H and O–H groups in total. The van der Waals surface area contributed by atoms with Crippen molar-refractivity contribution in [3.05, 3.63) is 132 Å². The minimum Gasteiger partial charge on any atom is -0.413 e. The van der Waals surface area contributed by atoms with E-state index in [1.165, 1.54) is 0 Å². The van der Waals surface area contributed by atoms with Crippen molar-refractivity contribution in [2.45, 2.75) is 194 Å². The van der Waals surface area contributed by atoms with Crippen LogP contribution >= 0.6 is 0 Å². The fourth-order valence-corrected chi connectivity index (χ4v) is 11.7. The summed E-state index contributed by atoms with van der Waals surface area (Å²) in [4.78, 5) is 0. The first-order valence-corrected chi connectivity index (χ1v) is 32.6. The van der Waals surface area contributed by atoms with E-state index < -0.39 is 36.8 Å². The van der Waals surface area contributed by atoms with Crippen molar-refractivity contribution in [2.75, 3.05) is 0 Å². The summed E-state index contributed by atoms with van der Waals surface area (Å²) in [5.74, 6) is 0.455. The summed E-state index contributed by atoms with van der Waals surface area (Å²) in [6, 6.07) is 30.9. The van der Waals surface area contributed by atoms with Crippen LogP contribution in [0.25, 0.3) is 0 Å². The van der Waals surface area contributed by atoms with Gasteiger partial charge in [-0.1, -0.05) is 198 Å². The van der Waals surface area contributed by atoms with Gasteiger partial charge in [0.2, 0.25) is 0 Å². The van der Waals surface area contributed by atoms with Gasteiger partial charge in [0.25, 0.3) is 0 Å². The van der Waals surface area contributed by atoms with Crippen LogP contribution in [0.15, 0.2) is 115 Å². The van der Waals surface area contributed by atoms with Gasteiger partial charge in [-0.3, -0.25) is 0 Å². The second-order valence-corrected chi connectivity index (χ2v) is 37.2. The standard InChI is InChI=1S/C55H90O5Si3/c1-20-30-42(2)49(59-62(16,17)53(8,9)10)41-48(58-61(14,15)52(5,6)7)39-37-43(3)51(60-63(18,19)54(11,12)13)44(4)38-40-50(56)57-55(45-31-24-21-25-32-45,46-33-26-22-27-34-46)47-35-28-23-29-36-47/h20-37,39,42-44,48-51,56H,38,40-41H2,1-19H3/t42-,43+,44+,48-,49+,50?,51+/m1/s1. The van der Waals surface area contributed by atoms with E-state index >= 15 is 0 Å². The van der Waals surface area contributed by atoms with E-state index in [0.29, 0.717) is 6.42 Å². The van der Waals surface area contributed by atoms with Gasteiger partial charge in [0.1, 0.15) is 5.60 Å². The van der Waals surface area contributed by atoms with Gasteiger partial charge in [0.05, 0.1) is 18.3 Å². The molecule has 0 bridgehead atoms. The third-order valence-electron chi connectivity index (χ3n) is 14.7. The van der Waals surface area contributed by atoms with E-state index in [1.807, 2.05) is 54.6 Å². The zero-order chi connectivity index (χ0) is 47.7. The fraction of sp³-hybridized carbons (Fsp3) is 0.600. The van der Waals surface area contributed by atoms with E-state index in [0.717, 1.165) is 29.5 Å². The van der Waals surface area contributed by atoms with Gasteiger partial charge in [0.15, 0.2) is 31.2 Å². The Labute approximate surface area is 389 Å². The van der Waals surface area contributed by atoms with Crippen molar-refractivity contribution in [3.63, 3.8) is 0 Å². The van der Waals surface area contributed by atoms with Crippen molar-refractivity contribution in [1.82, 2.24) is 0 Å². The van der Waals surface area contributed by atoms with Crippen LogP contribution < -0.4 is 0 Å². The van der Waals surface area contributed by atoms with Crippen LogP contribution in [-0.4, -0.2) is 54.7 Å². The summed E-state index contributed by atoms with van der Waals surface area (Å²) < 4.78 is 29.0. The lowest BCUT2D eigenvalue weighted by molar-refractivity contribution is -0.164. The molecule has 0 heterocycles. The van der Waals surface area contributed by atoms with Gasteiger partial charge in [-0.15, -0.1) is 0 Å². The number of aliphatic hydroxyl groups is 1. The molecule has 3 rings (SSSR count). The Kier molecular flexibility index (Phi) is 19.5. The number of allylic oxidation sites excluding steroid dienone is 1. The second-order valence-electron chi connectivity index (χ2n) is 22.9. The summed E-state index contributed by atoms with van der Waals surface area (Å²) in [6.07, 6.45) is 9.92. The smallest absolute Gasteiger partial charge is 0.192 e. The number of hydrogen-bond donors (Lipinski definition) is 1. The Balaban J connectivity index is 2.03. The quantitative estimate of drug-likeness (QED) is 0.0471. The molecular weight excluding hydrogens is 825 g/mol. The lowest BCUT2D eigenvalue weighted by Crippen LogP contribution is -2.48. The highest BCUT2D eigenvalue weighted by atomic mass is 28.4. The van der Waals surface area contributed by atoms with Gasteiger partial charge in [-0.2, -0.15) is 0 Å². The molecule has 0 aromatic heterocycles. The molecule has 3 aromatic carbocycles. The Morgan fingerprint density at radius 2 is 0.921 bits per heavy atom. The molecule has 0 aliphatic carbocycles. The SMILES string of the molecule is CC=C[C@@H](C)[C@H](C[C@@H](C=C[C@H](C)[C@H](O[Si](C)(C)C(C)(C)C)[C@@H](C)CCC(O)OC(c1ccccc1)(c1ccccc1)c1ccccc1)O[Si](C)(C)C(C)(C)C)O[Si](C)(C)C(C)(C)C. The number of hydrogen-bond acceptors (Lipinski definition) is 5. The Morgan fingerprint density at radius 3 is 1.32 bits per heavy atom. The molecular formula is C55H90O5Si3. The average molecular weight is 916 g/mol. The highest BCUT2D eigenvalue weighted by Gasteiger charge is 2.45. The van der Waals surface area contributed by atoms with Crippen LogP contribution in [0.4, 0.5) is 0 Å². The van der Waals surface area contributed by atoms with E-state index in [4.69, 9.17) is 18.0 Å². The molecule has 0 radical (unpaired) electrons. The number of rotatable bonds is 22. The van der Waals surface area contributed by atoms with Crippen LogP contribution in [0, 0.1) is 17.8 Å². The van der Waals surface area contributed by atoms with E-state index in [9.17, 15) is 5.11 Å². The zero-order valence-corrected chi connectivity index (χ0v) is 46.2. The van der Waals surface area contributed by atoms with Crippen molar-refractivity contribution < 1.29 is 23.1 Å². The number of aliphatic hydroxyl groups excluding tert-OH is 1. The summed E-state index contributed by atoms with van der Waals surface area (Å²) in [7, 11) is -6.46. The fourth-order valence-electron chi connectivity index (χ4n) is 7.53. The minimum absolute atomic E-state index is 0.0197. The second kappa shape index (κ2) is 22.4. The minimum atomic E-state index is -2.21. The van der Waals surface area contributed by atoms with E-state index in [1.54, 1.807) is 0 Å². The molecule has 0 saturated carbocycles. The van der Waals surface area contributed by atoms with Gasteiger partial charge in [-0.05, 0) is 109 Å². The Bertz CT molecular complexity index is 1740. The van der Waals surface area contributed by atoms with Crippen LogP contribution in [0.5, 0.6) is 0 Å². The Hall–Kier alpha value is -2.41. The molecule has 7 atom stereocenters. The predicted octanol–water partition coefficient (Wildman–Crippen LogP) is 15.7. The normalized spacial score (nSPS) is 17.4. The predicted molar refractivity (Wildman–Crippen MR) is 278 cm³/mol. The van der Waals surface area contributed by atoms with Crippen LogP contribution in [-0.2, 0) is 23.6 Å². The molecule has 5 nitrogen and oxygen atoms in total. The van der Waals surface area contributed by atoms with Gasteiger partial charge < -0.3 is 23.1 Å². The summed E-state index contributed by atoms with van der Waals surface area (Å²) in [5, 5.41) is 12.2. The zero-order valence-electron chi connectivity index (χ0n) is 43.2. The maximum Gasteiger partial charge on any atom is 0.192 e. The van der Waals surface area contributed by atoms with E-state index in [-0.39, 0.29) is 51.2 Å². The van der Waals surface area contributed by atoms with Crippen molar-refractivity contribution in [2.24, 2.45) is 17.8 Å². The molecule has 0 aliphatic rings. The molecule has 0 saturated heterocycles. The van der Waals surface area contributed by atoms with Crippen molar-refractivity contribution in [1.29, 1.82) is 0 Å². The summed E-state index contributed by atoms with van der Waals surface area (Å²) >= 11 is 0. The summed E-state index contributed by atoms with van der Waals surface area (Å²) in [5.41, 5.74) is 1.91. The Morgan fingerprint density at radius 1 is 0.524 bits per heavy atom. The third kappa shape index (κ3) is 14.8. The molecule has 1 unspecified atom stereocenters. The van der Waals surface area contributed by atoms with Gasteiger partial charge >= 0.3 is 0 Å². The van der Waals surface area contributed by atoms with Crippen molar-refractivity contribution >= 4 is 25.0 Å². The van der Waals surface area contributed by atoms with Gasteiger partial charge in [-0.25, -0.2) is 0 Å². The maximum absolute atomic E-state index is 12.1. The molecule has 3 aromatic rings. The molecule has 0 aliphatic heterocycles. The first-order valence-electron chi connectivity index (χ1n) is 23.9. The first kappa shape index (κ1) is 54.9.